The number of rotatable bonds is 5. The van der Waals surface area contributed by atoms with Gasteiger partial charge in [-0.05, 0) is 12.1 Å². The van der Waals surface area contributed by atoms with E-state index in [1.807, 2.05) is 12.1 Å². The fourth-order valence-corrected chi connectivity index (χ4v) is 2.42. The van der Waals surface area contributed by atoms with Crippen LogP contribution in [0.1, 0.15) is 0 Å². The molecule has 1 saturated heterocycles. The summed E-state index contributed by atoms with van der Waals surface area (Å²) in [5.74, 6) is 2.11. The van der Waals surface area contributed by atoms with Gasteiger partial charge in [-0.25, -0.2) is 0 Å². The molecule has 20 heavy (non-hydrogen) atoms. The molecule has 1 aromatic carbocycles. The Bertz CT molecular complexity index is 447. The van der Waals surface area contributed by atoms with Crippen LogP contribution in [-0.2, 0) is 4.74 Å². The second kappa shape index (κ2) is 6.30. The van der Waals surface area contributed by atoms with Gasteiger partial charge < -0.3 is 29.0 Å². The first-order valence-electron chi connectivity index (χ1n) is 6.93. The zero-order chi connectivity index (χ0) is 13.8. The molecule has 6 heteroatoms. The molecule has 0 radical (unpaired) electrons. The summed E-state index contributed by atoms with van der Waals surface area (Å²) in [6, 6.07) is 5.43. The van der Waals surface area contributed by atoms with E-state index >= 15 is 0 Å². The van der Waals surface area contributed by atoms with Gasteiger partial charge in [0.05, 0.1) is 13.2 Å². The van der Waals surface area contributed by atoms with Crippen molar-refractivity contribution in [1.82, 2.24) is 0 Å². The van der Waals surface area contributed by atoms with Gasteiger partial charge in [0.15, 0.2) is 11.5 Å². The molecule has 6 nitrogen and oxygen atoms in total. The molecule has 2 N–H and O–H groups in total. The molecule has 0 saturated carbocycles. The molecule has 2 heterocycles. The number of aliphatic hydroxyl groups is 1. The SMILES string of the molecule is O[C@@H](COc1ccc2c(c1)OCO2)C[NH+]1CCOCC1. The van der Waals surface area contributed by atoms with Gasteiger partial charge in [0.1, 0.15) is 38.1 Å². The normalized spacial score (nSPS) is 19.9. The van der Waals surface area contributed by atoms with Crippen molar-refractivity contribution in [3.8, 4) is 17.2 Å². The lowest BCUT2D eigenvalue weighted by atomic mass is 10.3. The highest BCUT2D eigenvalue weighted by molar-refractivity contribution is 5.46. The Morgan fingerprint density at radius 2 is 2.00 bits per heavy atom. The van der Waals surface area contributed by atoms with Crippen LogP contribution < -0.4 is 19.1 Å². The van der Waals surface area contributed by atoms with Crippen LogP contribution in [0.15, 0.2) is 18.2 Å². The molecule has 0 aliphatic carbocycles. The molecule has 0 aromatic heterocycles. The summed E-state index contributed by atoms with van der Waals surface area (Å²) >= 11 is 0. The van der Waals surface area contributed by atoms with Crippen LogP contribution in [0.25, 0.3) is 0 Å². The summed E-state index contributed by atoms with van der Waals surface area (Å²) in [5, 5.41) is 10.0. The Balaban J connectivity index is 1.46. The lowest BCUT2D eigenvalue weighted by Crippen LogP contribution is -3.15. The Labute approximate surface area is 117 Å². The van der Waals surface area contributed by atoms with Crippen molar-refractivity contribution < 1.29 is 29.0 Å². The molecule has 0 unspecified atom stereocenters. The summed E-state index contributed by atoms with van der Waals surface area (Å²) in [4.78, 5) is 1.36. The Kier molecular flexibility index (Phi) is 4.25. The molecule has 3 rings (SSSR count). The number of benzene rings is 1. The van der Waals surface area contributed by atoms with Crippen molar-refractivity contribution in [2.45, 2.75) is 6.10 Å². The zero-order valence-corrected chi connectivity index (χ0v) is 11.3. The van der Waals surface area contributed by atoms with E-state index in [4.69, 9.17) is 18.9 Å². The second-order valence-electron chi connectivity index (χ2n) is 5.05. The third kappa shape index (κ3) is 3.33. The number of hydrogen-bond donors (Lipinski definition) is 2. The van der Waals surface area contributed by atoms with Crippen LogP contribution in [0.3, 0.4) is 0 Å². The van der Waals surface area contributed by atoms with Crippen molar-refractivity contribution >= 4 is 0 Å². The standard InChI is InChI=1S/C14H19NO5/c16-11(8-15-3-5-17-6-4-15)9-18-12-1-2-13-14(7-12)20-10-19-13/h1-2,7,11,16H,3-6,8-10H2/p+1/t11-/m1/s1. The van der Waals surface area contributed by atoms with Gasteiger partial charge in [0.2, 0.25) is 6.79 Å². The van der Waals surface area contributed by atoms with Crippen molar-refractivity contribution in [2.75, 3.05) is 46.2 Å². The molecule has 1 fully saturated rings. The quantitative estimate of drug-likeness (QED) is 0.731. The highest BCUT2D eigenvalue weighted by Gasteiger charge is 2.19. The van der Waals surface area contributed by atoms with Crippen LogP contribution in [0.5, 0.6) is 17.2 Å². The smallest absolute Gasteiger partial charge is 0.231 e. The first kappa shape index (κ1) is 13.5. The molecular formula is C14H20NO5+. The number of nitrogens with one attached hydrogen (secondary N) is 1. The molecule has 0 amide bonds. The molecule has 0 spiro atoms. The van der Waals surface area contributed by atoms with E-state index in [9.17, 15) is 5.11 Å². The number of quaternary nitrogens is 1. The van der Waals surface area contributed by atoms with E-state index in [-0.39, 0.29) is 13.4 Å². The minimum Gasteiger partial charge on any atom is -0.491 e. The molecule has 0 bridgehead atoms. The largest absolute Gasteiger partial charge is 0.491 e. The minimum atomic E-state index is -0.478. The van der Waals surface area contributed by atoms with Crippen LogP contribution in [-0.4, -0.2) is 57.5 Å². The monoisotopic (exact) mass is 282 g/mol. The highest BCUT2D eigenvalue weighted by Crippen LogP contribution is 2.35. The summed E-state index contributed by atoms with van der Waals surface area (Å²) in [7, 11) is 0. The number of ether oxygens (including phenoxy) is 4. The lowest BCUT2D eigenvalue weighted by molar-refractivity contribution is -0.911. The average molecular weight is 282 g/mol. The number of hydrogen-bond acceptors (Lipinski definition) is 5. The predicted octanol–water partition coefficient (Wildman–Crippen LogP) is -0.930. The first-order chi connectivity index (χ1) is 9.81. The van der Waals surface area contributed by atoms with E-state index in [0.29, 0.717) is 18.0 Å². The molecule has 2 aliphatic rings. The molecule has 1 aromatic rings. The molecule has 110 valence electrons. The maximum absolute atomic E-state index is 10.0. The topological polar surface area (TPSA) is 61.6 Å². The van der Waals surface area contributed by atoms with E-state index in [0.717, 1.165) is 32.1 Å². The predicted molar refractivity (Wildman–Crippen MR) is 70.4 cm³/mol. The van der Waals surface area contributed by atoms with Gasteiger partial charge in [-0.3, -0.25) is 0 Å². The number of fused-ring (bicyclic) bond motifs is 1. The molecule has 2 aliphatic heterocycles. The molecule has 1 atom stereocenters. The van der Waals surface area contributed by atoms with Gasteiger partial charge in [0.25, 0.3) is 0 Å². The third-order valence-electron chi connectivity index (χ3n) is 3.51. The maximum atomic E-state index is 10.0. The summed E-state index contributed by atoms with van der Waals surface area (Å²) in [5.41, 5.74) is 0. The summed E-state index contributed by atoms with van der Waals surface area (Å²) in [6.07, 6.45) is -0.478. The van der Waals surface area contributed by atoms with Crippen molar-refractivity contribution in [2.24, 2.45) is 0 Å². The third-order valence-corrected chi connectivity index (χ3v) is 3.51. The Morgan fingerprint density at radius 1 is 1.20 bits per heavy atom. The Morgan fingerprint density at radius 3 is 2.85 bits per heavy atom. The van der Waals surface area contributed by atoms with Crippen LogP contribution in [0, 0.1) is 0 Å². The zero-order valence-electron chi connectivity index (χ0n) is 11.3. The lowest BCUT2D eigenvalue weighted by Gasteiger charge is -2.25. The minimum absolute atomic E-state index is 0.252. The van der Waals surface area contributed by atoms with Gasteiger partial charge in [0, 0.05) is 6.07 Å². The van der Waals surface area contributed by atoms with Crippen LogP contribution in [0.2, 0.25) is 0 Å². The van der Waals surface area contributed by atoms with E-state index in [2.05, 4.69) is 0 Å². The van der Waals surface area contributed by atoms with E-state index in [1.54, 1.807) is 6.07 Å². The van der Waals surface area contributed by atoms with Crippen molar-refractivity contribution in [1.29, 1.82) is 0 Å². The second-order valence-corrected chi connectivity index (χ2v) is 5.05. The van der Waals surface area contributed by atoms with Gasteiger partial charge in [-0.1, -0.05) is 0 Å². The highest BCUT2D eigenvalue weighted by atomic mass is 16.7. The summed E-state index contributed by atoms with van der Waals surface area (Å²) in [6.45, 7) is 4.65. The molecular weight excluding hydrogens is 262 g/mol. The van der Waals surface area contributed by atoms with Crippen LogP contribution in [0.4, 0.5) is 0 Å². The Hall–Kier alpha value is -1.50. The van der Waals surface area contributed by atoms with E-state index in [1.165, 1.54) is 4.90 Å². The van der Waals surface area contributed by atoms with Crippen molar-refractivity contribution in [3.05, 3.63) is 18.2 Å². The number of aliphatic hydroxyl groups excluding tert-OH is 1. The summed E-state index contributed by atoms with van der Waals surface area (Å²) < 4.78 is 21.4. The first-order valence-corrected chi connectivity index (χ1v) is 6.93. The fraction of sp³-hybridized carbons (Fsp3) is 0.571. The van der Waals surface area contributed by atoms with Gasteiger partial charge in [-0.2, -0.15) is 0 Å². The van der Waals surface area contributed by atoms with Crippen molar-refractivity contribution in [3.63, 3.8) is 0 Å². The van der Waals surface area contributed by atoms with Gasteiger partial charge >= 0.3 is 0 Å². The average Bonchev–Trinajstić information content (AvgIpc) is 2.93. The van der Waals surface area contributed by atoms with Gasteiger partial charge in [-0.15, -0.1) is 0 Å². The maximum Gasteiger partial charge on any atom is 0.231 e. The van der Waals surface area contributed by atoms with E-state index < -0.39 is 6.10 Å². The number of morpholine rings is 1. The van der Waals surface area contributed by atoms with Crippen LogP contribution >= 0.6 is 0 Å². The fourth-order valence-electron chi connectivity index (χ4n) is 2.42.